The number of rotatable bonds is 4. The maximum atomic E-state index is 13.5. The van der Waals surface area contributed by atoms with Crippen molar-refractivity contribution in [2.24, 2.45) is 0 Å². The van der Waals surface area contributed by atoms with Crippen molar-refractivity contribution in [2.75, 3.05) is 6.54 Å². The molecule has 0 saturated carbocycles. The van der Waals surface area contributed by atoms with Gasteiger partial charge in [0.25, 0.3) is 0 Å². The molecule has 1 atom stereocenters. The molecule has 0 N–H and O–H groups in total. The number of aryl methyl sites for hydroxylation is 2. The van der Waals surface area contributed by atoms with E-state index in [4.69, 9.17) is 4.52 Å². The Balaban J connectivity index is 1.67. The summed E-state index contributed by atoms with van der Waals surface area (Å²) in [6, 6.07) is 7.87. The number of carbonyl (C=O) groups excluding carboxylic acids is 1. The molecule has 29 heavy (non-hydrogen) atoms. The molecule has 6 nitrogen and oxygen atoms in total. The molecule has 0 unspecified atom stereocenters. The fourth-order valence-corrected chi connectivity index (χ4v) is 3.86. The van der Waals surface area contributed by atoms with Crippen molar-refractivity contribution in [1.29, 1.82) is 0 Å². The zero-order valence-electron chi connectivity index (χ0n) is 16.6. The van der Waals surface area contributed by atoms with Gasteiger partial charge in [0.2, 0.25) is 5.91 Å². The molecule has 7 heteroatoms. The first-order valence-electron chi connectivity index (χ1n) is 9.82. The van der Waals surface area contributed by atoms with E-state index in [0.29, 0.717) is 23.7 Å². The highest BCUT2D eigenvalue weighted by Gasteiger charge is 2.32. The Hall–Kier alpha value is -3.09. The first-order chi connectivity index (χ1) is 14.0. The third kappa shape index (κ3) is 4.18. The Bertz CT molecular complexity index is 1030. The van der Waals surface area contributed by atoms with Crippen LogP contribution >= 0.6 is 0 Å². The largest absolute Gasteiger partial charge is 0.356 e. The number of carbonyl (C=O) groups is 1. The summed E-state index contributed by atoms with van der Waals surface area (Å²) in [5.41, 5.74) is 2.98. The molecule has 1 fully saturated rings. The molecule has 2 aromatic heterocycles. The van der Waals surface area contributed by atoms with Crippen molar-refractivity contribution in [3.05, 3.63) is 65.1 Å². The van der Waals surface area contributed by atoms with Crippen LogP contribution < -0.4 is 0 Å². The molecular weight excluding hydrogens is 371 g/mol. The minimum atomic E-state index is -0.333. The standard InChI is InChI=1S/C22H23FN4O2/c1-14-10-20(29-26-14)18-13-24-15(2)25-22(18)19-8-3-4-9-27(19)21(28)12-16-6-5-7-17(23)11-16/h5-7,10-11,13,19H,3-4,8-9,12H2,1-2H3/t19-/m1/s1. The molecule has 1 amide bonds. The summed E-state index contributed by atoms with van der Waals surface area (Å²) < 4.78 is 19.0. The number of aromatic nitrogens is 3. The van der Waals surface area contributed by atoms with Crippen molar-refractivity contribution in [2.45, 2.75) is 45.6 Å². The molecule has 1 aromatic carbocycles. The van der Waals surface area contributed by atoms with Gasteiger partial charge in [-0.15, -0.1) is 0 Å². The maximum Gasteiger partial charge on any atom is 0.227 e. The van der Waals surface area contributed by atoms with Crippen LogP contribution in [0.2, 0.25) is 0 Å². The lowest BCUT2D eigenvalue weighted by Crippen LogP contribution is -2.40. The van der Waals surface area contributed by atoms with Crippen LogP contribution in [0.25, 0.3) is 11.3 Å². The summed E-state index contributed by atoms with van der Waals surface area (Å²) in [7, 11) is 0. The fraction of sp³-hybridized carbons (Fsp3) is 0.364. The van der Waals surface area contributed by atoms with Crippen molar-refractivity contribution in [3.63, 3.8) is 0 Å². The Labute approximate surface area is 168 Å². The van der Waals surface area contributed by atoms with Gasteiger partial charge in [-0.05, 0) is 50.8 Å². The molecule has 0 aliphatic carbocycles. The lowest BCUT2D eigenvalue weighted by molar-refractivity contribution is -0.134. The van der Waals surface area contributed by atoms with Gasteiger partial charge in [-0.25, -0.2) is 14.4 Å². The molecule has 1 aliphatic rings. The highest BCUT2D eigenvalue weighted by atomic mass is 19.1. The van der Waals surface area contributed by atoms with Gasteiger partial charge in [-0.3, -0.25) is 4.79 Å². The fourth-order valence-electron chi connectivity index (χ4n) is 3.86. The summed E-state index contributed by atoms with van der Waals surface area (Å²) in [5, 5.41) is 3.97. The van der Waals surface area contributed by atoms with E-state index < -0.39 is 0 Å². The molecule has 3 aromatic rings. The van der Waals surface area contributed by atoms with Crippen LogP contribution in [0, 0.1) is 19.7 Å². The topological polar surface area (TPSA) is 72.1 Å². The van der Waals surface area contributed by atoms with Crippen LogP contribution in [0.5, 0.6) is 0 Å². The van der Waals surface area contributed by atoms with Crippen LogP contribution in [0.15, 0.2) is 41.1 Å². The number of amides is 1. The lowest BCUT2D eigenvalue weighted by Gasteiger charge is -2.36. The Kier molecular flexibility index (Phi) is 5.38. The number of hydrogen-bond donors (Lipinski definition) is 0. The first-order valence-corrected chi connectivity index (χ1v) is 9.82. The van der Waals surface area contributed by atoms with E-state index in [2.05, 4.69) is 15.1 Å². The molecule has 3 heterocycles. The molecular formula is C22H23FN4O2. The maximum absolute atomic E-state index is 13.5. The van der Waals surface area contributed by atoms with Crippen molar-refractivity contribution in [1.82, 2.24) is 20.0 Å². The summed E-state index contributed by atoms with van der Waals surface area (Å²) in [4.78, 5) is 24.0. The smallest absolute Gasteiger partial charge is 0.227 e. The van der Waals surface area contributed by atoms with E-state index in [9.17, 15) is 9.18 Å². The summed E-state index contributed by atoms with van der Waals surface area (Å²) in [6.07, 6.45) is 4.65. The van der Waals surface area contributed by atoms with Gasteiger partial charge in [0.05, 0.1) is 29.4 Å². The van der Waals surface area contributed by atoms with Gasteiger partial charge < -0.3 is 9.42 Å². The second-order valence-electron chi connectivity index (χ2n) is 7.45. The summed E-state index contributed by atoms with van der Waals surface area (Å²) in [5.74, 6) is 0.875. The molecule has 0 spiro atoms. The molecule has 4 rings (SSSR count). The molecule has 0 bridgehead atoms. The van der Waals surface area contributed by atoms with Crippen LogP contribution in [0.4, 0.5) is 4.39 Å². The van der Waals surface area contributed by atoms with Crippen molar-refractivity contribution >= 4 is 5.91 Å². The van der Waals surface area contributed by atoms with Crippen LogP contribution in [-0.4, -0.2) is 32.5 Å². The van der Waals surface area contributed by atoms with Gasteiger partial charge in [0, 0.05) is 18.8 Å². The number of likely N-dealkylation sites (tertiary alicyclic amines) is 1. The van der Waals surface area contributed by atoms with E-state index in [-0.39, 0.29) is 24.2 Å². The lowest BCUT2D eigenvalue weighted by atomic mass is 9.94. The Morgan fingerprint density at radius 3 is 2.90 bits per heavy atom. The van der Waals surface area contributed by atoms with Gasteiger partial charge >= 0.3 is 0 Å². The van der Waals surface area contributed by atoms with Gasteiger partial charge in [-0.2, -0.15) is 0 Å². The normalized spacial score (nSPS) is 16.8. The van der Waals surface area contributed by atoms with Crippen LogP contribution in [0.1, 0.15) is 48.1 Å². The Morgan fingerprint density at radius 2 is 2.14 bits per heavy atom. The molecule has 1 aliphatic heterocycles. The molecule has 150 valence electrons. The van der Waals surface area contributed by atoms with Gasteiger partial charge in [0.1, 0.15) is 11.6 Å². The SMILES string of the molecule is Cc1cc(-c2cnc(C)nc2[C@H]2CCCCN2C(=O)Cc2cccc(F)c2)on1. The number of benzene rings is 1. The second kappa shape index (κ2) is 8.11. The monoisotopic (exact) mass is 394 g/mol. The second-order valence-corrected chi connectivity index (χ2v) is 7.45. The highest BCUT2D eigenvalue weighted by molar-refractivity contribution is 5.79. The van der Waals surface area contributed by atoms with E-state index in [0.717, 1.165) is 36.2 Å². The third-order valence-corrected chi connectivity index (χ3v) is 5.22. The summed E-state index contributed by atoms with van der Waals surface area (Å²) >= 11 is 0. The van der Waals surface area contributed by atoms with Gasteiger partial charge in [0.15, 0.2) is 5.76 Å². The quantitative estimate of drug-likeness (QED) is 0.664. The number of piperidine rings is 1. The molecule has 0 radical (unpaired) electrons. The van der Waals surface area contributed by atoms with E-state index in [1.54, 1.807) is 18.3 Å². The zero-order valence-corrected chi connectivity index (χ0v) is 16.6. The Morgan fingerprint density at radius 1 is 1.28 bits per heavy atom. The number of nitrogens with zero attached hydrogens (tertiary/aromatic N) is 4. The average molecular weight is 394 g/mol. The van der Waals surface area contributed by atoms with E-state index in [1.165, 1.54) is 12.1 Å². The van der Waals surface area contributed by atoms with Gasteiger partial charge in [-0.1, -0.05) is 17.3 Å². The predicted octanol–water partition coefficient (Wildman–Crippen LogP) is 4.18. The minimum absolute atomic E-state index is 0.0312. The highest BCUT2D eigenvalue weighted by Crippen LogP contribution is 2.36. The molecule has 1 saturated heterocycles. The average Bonchev–Trinajstić information content (AvgIpc) is 3.14. The van der Waals surface area contributed by atoms with Crippen molar-refractivity contribution < 1.29 is 13.7 Å². The van der Waals surface area contributed by atoms with E-state index >= 15 is 0 Å². The number of hydrogen-bond acceptors (Lipinski definition) is 5. The van der Waals surface area contributed by atoms with E-state index in [1.807, 2.05) is 24.8 Å². The zero-order chi connectivity index (χ0) is 20.4. The third-order valence-electron chi connectivity index (χ3n) is 5.22. The minimum Gasteiger partial charge on any atom is -0.356 e. The van der Waals surface area contributed by atoms with Crippen LogP contribution in [-0.2, 0) is 11.2 Å². The summed E-state index contributed by atoms with van der Waals surface area (Å²) in [6.45, 7) is 4.34. The van der Waals surface area contributed by atoms with Crippen molar-refractivity contribution in [3.8, 4) is 11.3 Å². The van der Waals surface area contributed by atoms with Crippen LogP contribution in [0.3, 0.4) is 0 Å². The first kappa shape index (κ1) is 19.2. The predicted molar refractivity (Wildman–Crippen MR) is 105 cm³/mol. The number of halogens is 1.